The molecule has 0 spiro atoms. The van der Waals surface area contributed by atoms with Gasteiger partial charge in [-0.15, -0.1) is 0 Å². The van der Waals surface area contributed by atoms with E-state index < -0.39 is 0 Å². The molecule has 0 saturated carbocycles. The maximum atomic E-state index is 5.73. The Bertz CT molecular complexity index is 592. The molecule has 2 rings (SSSR count). The van der Waals surface area contributed by atoms with Crippen LogP contribution in [0, 0.1) is 0 Å². The first kappa shape index (κ1) is 13.7. The fourth-order valence-corrected chi connectivity index (χ4v) is 1.47. The highest BCUT2D eigenvalue weighted by Gasteiger charge is 1.97. The molecule has 3 N–H and O–H groups in total. The first-order valence-corrected chi connectivity index (χ1v) is 6.17. The standard InChI is InChI=1S/C14H16N6/c1-11(13-7-3-5-9-17-13)19-20-14(15)18-10-12-6-2-4-8-16-12/h2-9H,10H2,1H3,(H3,15,18,20)/b19-11-. The fraction of sp³-hybridized carbons (Fsp3) is 0.143. The average Bonchev–Trinajstić information content (AvgIpc) is 2.52. The molecule has 102 valence electrons. The van der Waals surface area contributed by atoms with E-state index in [9.17, 15) is 0 Å². The lowest BCUT2D eigenvalue weighted by molar-refractivity contribution is 0.931. The van der Waals surface area contributed by atoms with E-state index in [4.69, 9.17) is 5.73 Å². The number of aliphatic imine (C=N–C) groups is 1. The van der Waals surface area contributed by atoms with E-state index in [0.717, 1.165) is 17.1 Å². The normalized spacial score (nSPS) is 12.2. The Kier molecular flexibility index (Phi) is 4.77. The van der Waals surface area contributed by atoms with Crippen molar-refractivity contribution in [3.05, 3.63) is 60.2 Å². The van der Waals surface area contributed by atoms with Crippen LogP contribution in [0.3, 0.4) is 0 Å². The molecule has 0 saturated heterocycles. The maximum absolute atomic E-state index is 5.73. The molecule has 0 fully saturated rings. The lowest BCUT2D eigenvalue weighted by atomic mass is 10.3. The Hall–Kier alpha value is -2.76. The molecule has 2 aromatic rings. The summed E-state index contributed by atoms with van der Waals surface area (Å²) in [6.45, 7) is 2.26. The number of guanidine groups is 1. The van der Waals surface area contributed by atoms with Gasteiger partial charge in [-0.05, 0) is 31.2 Å². The van der Waals surface area contributed by atoms with Gasteiger partial charge in [0.15, 0.2) is 0 Å². The summed E-state index contributed by atoms with van der Waals surface area (Å²) >= 11 is 0. The summed E-state index contributed by atoms with van der Waals surface area (Å²) in [6, 6.07) is 11.3. The van der Waals surface area contributed by atoms with Gasteiger partial charge in [-0.1, -0.05) is 12.1 Å². The third-order valence-corrected chi connectivity index (χ3v) is 2.51. The van der Waals surface area contributed by atoms with Gasteiger partial charge < -0.3 is 5.73 Å². The molecule has 0 aliphatic carbocycles. The number of hydrogen-bond acceptors (Lipinski definition) is 4. The molecule has 2 heterocycles. The van der Waals surface area contributed by atoms with E-state index in [-0.39, 0.29) is 5.96 Å². The molecule has 0 atom stereocenters. The van der Waals surface area contributed by atoms with Gasteiger partial charge in [0.05, 0.1) is 23.6 Å². The van der Waals surface area contributed by atoms with Crippen LogP contribution in [0.25, 0.3) is 0 Å². The lowest BCUT2D eigenvalue weighted by Gasteiger charge is -2.02. The number of hydrogen-bond donors (Lipinski definition) is 2. The van der Waals surface area contributed by atoms with Crippen LogP contribution in [0.15, 0.2) is 58.9 Å². The molecule has 0 unspecified atom stereocenters. The minimum absolute atomic E-state index is 0.242. The van der Waals surface area contributed by atoms with Crippen molar-refractivity contribution in [2.75, 3.05) is 0 Å². The molecule has 0 radical (unpaired) electrons. The zero-order valence-electron chi connectivity index (χ0n) is 11.2. The van der Waals surface area contributed by atoms with E-state index >= 15 is 0 Å². The van der Waals surface area contributed by atoms with Crippen molar-refractivity contribution in [3.63, 3.8) is 0 Å². The van der Waals surface area contributed by atoms with Crippen LogP contribution in [-0.2, 0) is 6.54 Å². The number of nitrogens with one attached hydrogen (secondary N) is 1. The SMILES string of the molecule is C/C(=N/NC(N)=NCc1ccccn1)c1ccccn1. The summed E-state index contributed by atoms with van der Waals surface area (Å²) in [4.78, 5) is 12.5. The Balaban J connectivity index is 1.93. The van der Waals surface area contributed by atoms with Crippen LogP contribution in [-0.4, -0.2) is 21.6 Å². The number of pyridine rings is 2. The smallest absolute Gasteiger partial charge is 0.209 e. The highest BCUT2D eigenvalue weighted by Crippen LogP contribution is 1.96. The molecule has 0 bridgehead atoms. The van der Waals surface area contributed by atoms with Gasteiger partial charge in [-0.2, -0.15) is 5.10 Å². The molecule has 2 aromatic heterocycles. The largest absolute Gasteiger partial charge is 0.369 e. The highest BCUT2D eigenvalue weighted by atomic mass is 15.4. The van der Waals surface area contributed by atoms with Gasteiger partial charge in [-0.3, -0.25) is 9.97 Å². The van der Waals surface area contributed by atoms with E-state index in [1.807, 2.05) is 43.3 Å². The predicted molar refractivity (Wildman–Crippen MR) is 79.1 cm³/mol. The van der Waals surface area contributed by atoms with E-state index in [0.29, 0.717) is 6.54 Å². The summed E-state index contributed by atoms with van der Waals surface area (Å²) in [5.74, 6) is 0.242. The maximum Gasteiger partial charge on any atom is 0.209 e. The van der Waals surface area contributed by atoms with Crippen LogP contribution in [0.1, 0.15) is 18.3 Å². The highest BCUT2D eigenvalue weighted by molar-refractivity contribution is 5.97. The Morgan fingerprint density at radius 1 is 1.15 bits per heavy atom. The summed E-state index contributed by atoms with van der Waals surface area (Å²) in [7, 11) is 0. The van der Waals surface area contributed by atoms with E-state index in [1.165, 1.54) is 0 Å². The molecule has 0 aliphatic rings. The van der Waals surface area contributed by atoms with Crippen molar-refractivity contribution >= 4 is 11.7 Å². The third kappa shape index (κ3) is 4.16. The van der Waals surface area contributed by atoms with Gasteiger partial charge >= 0.3 is 0 Å². The van der Waals surface area contributed by atoms with Crippen LogP contribution in [0.2, 0.25) is 0 Å². The molecule has 0 aliphatic heterocycles. The van der Waals surface area contributed by atoms with Gasteiger partial charge in [0.1, 0.15) is 0 Å². The lowest BCUT2D eigenvalue weighted by Crippen LogP contribution is -2.28. The van der Waals surface area contributed by atoms with Gasteiger partial charge in [-0.25, -0.2) is 10.4 Å². The number of hydrazone groups is 1. The summed E-state index contributed by atoms with van der Waals surface area (Å²) in [6.07, 6.45) is 3.44. The van der Waals surface area contributed by atoms with Crippen LogP contribution in [0.4, 0.5) is 0 Å². The third-order valence-electron chi connectivity index (χ3n) is 2.51. The van der Waals surface area contributed by atoms with Gasteiger partial charge in [0.2, 0.25) is 5.96 Å². The Morgan fingerprint density at radius 2 is 1.90 bits per heavy atom. The molecule has 6 heteroatoms. The number of rotatable bonds is 4. The second kappa shape index (κ2) is 6.98. The summed E-state index contributed by atoms with van der Waals surface area (Å²) in [5.41, 5.74) is 10.8. The van der Waals surface area contributed by atoms with Crippen LogP contribution >= 0.6 is 0 Å². The summed E-state index contributed by atoms with van der Waals surface area (Å²) < 4.78 is 0. The molecular weight excluding hydrogens is 252 g/mol. The fourth-order valence-electron chi connectivity index (χ4n) is 1.47. The number of nitrogens with two attached hydrogens (primary N) is 1. The average molecular weight is 268 g/mol. The molecule has 0 aromatic carbocycles. The monoisotopic (exact) mass is 268 g/mol. The Labute approximate surface area is 117 Å². The molecule has 0 amide bonds. The number of aromatic nitrogens is 2. The number of nitrogens with zero attached hydrogens (tertiary/aromatic N) is 4. The molecule has 6 nitrogen and oxygen atoms in total. The van der Waals surface area contributed by atoms with Gasteiger partial charge in [0, 0.05) is 12.4 Å². The van der Waals surface area contributed by atoms with Gasteiger partial charge in [0.25, 0.3) is 0 Å². The zero-order valence-corrected chi connectivity index (χ0v) is 11.2. The quantitative estimate of drug-likeness (QED) is 0.497. The molecule has 20 heavy (non-hydrogen) atoms. The van der Waals surface area contributed by atoms with Crippen LogP contribution < -0.4 is 11.2 Å². The van der Waals surface area contributed by atoms with Crippen molar-refractivity contribution in [2.45, 2.75) is 13.5 Å². The van der Waals surface area contributed by atoms with Crippen molar-refractivity contribution in [3.8, 4) is 0 Å². The van der Waals surface area contributed by atoms with Crippen molar-refractivity contribution in [1.29, 1.82) is 0 Å². The minimum Gasteiger partial charge on any atom is -0.369 e. The van der Waals surface area contributed by atoms with E-state index in [2.05, 4.69) is 25.5 Å². The second-order valence-corrected chi connectivity index (χ2v) is 4.05. The first-order valence-electron chi connectivity index (χ1n) is 6.17. The Morgan fingerprint density at radius 3 is 2.55 bits per heavy atom. The second-order valence-electron chi connectivity index (χ2n) is 4.05. The van der Waals surface area contributed by atoms with Crippen LogP contribution in [0.5, 0.6) is 0 Å². The van der Waals surface area contributed by atoms with Crippen molar-refractivity contribution in [2.24, 2.45) is 15.8 Å². The molecular formula is C14H16N6. The zero-order chi connectivity index (χ0) is 14.2. The predicted octanol–water partition coefficient (Wildman–Crippen LogP) is 1.31. The summed E-state index contributed by atoms with van der Waals surface area (Å²) in [5, 5.41) is 4.13. The minimum atomic E-state index is 0.242. The van der Waals surface area contributed by atoms with Crippen molar-refractivity contribution in [1.82, 2.24) is 15.4 Å². The topological polar surface area (TPSA) is 88.5 Å². The van der Waals surface area contributed by atoms with E-state index in [1.54, 1.807) is 12.4 Å². The first-order chi connectivity index (χ1) is 9.75. The van der Waals surface area contributed by atoms with Crippen molar-refractivity contribution < 1.29 is 0 Å².